The van der Waals surface area contributed by atoms with Crippen LogP contribution in [0.1, 0.15) is 43.6 Å². The Balaban J connectivity index is 2.58. The van der Waals surface area contributed by atoms with Gasteiger partial charge in [-0.1, -0.05) is 6.92 Å². The van der Waals surface area contributed by atoms with Gasteiger partial charge in [0.2, 0.25) is 15.8 Å². The van der Waals surface area contributed by atoms with Crippen molar-refractivity contribution in [1.82, 2.24) is 25.2 Å². The Kier molecular flexibility index (Phi) is 5.23. The molecule has 20 heavy (non-hydrogen) atoms. The van der Waals surface area contributed by atoms with Crippen molar-refractivity contribution >= 4 is 15.9 Å². The molecular weight excluding hydrogens is 282 g/mol. The molecule has 0 unspecified atom stereocenters. The molecule has 1 aromatic rings. The predicted molar refractivity (Wildman–Crippen MR) is 74.8 cm³/mol. The van der Waals surface area contributed by atoms with Crippen LogP contribution < -0.4 is 10.0 Å². The Morgan fingerprint density at radius 1 is 1.40 bits per heavy atom. The first-order valence-corrected chi connectivity index (χ1v) is 8.20. The standard InChI is InChI=1S/C11H21N5O3S/c1-5-6-8-13-9(15-14-8)10(17)12-7-11(2,3)16-20(4,18)19/h16H,5-7H2,1-4H3,(H,12,17)(H,13,14,15). The fourth-order valence-corrected chi connectivity index (χ4v) is 2.74. The zero-order valence-corrected chi connectivity index (χ0v) is 13.0. The zero-order chi connectivity index (χ0) is 15.4. The summed E-state index contributed by atoms with van der Waals surface area (Å²) in [7, 11) is -3.34. The van der Waals surface area contributed by atoms with Crippen LogP contribution in [0.25, 0.3) is 0 Å². The average Bonchev–Trinajstić information content (AvgIpc) is 2.72. The summed E-state index contributed by atoms with van der Waals surface area (Å²) in [5.74, 6) is 0.279. The Hall–Kier alpha value is -1.48. The summed E-state index contributed by atoms with van der Waals surface area (Å²) in [5.41, 5.74) is -0.786. The molecule has 114 valence electrons. The molecule has 1 aromatic heterocycles. The highest BCUT2D eigenvalue weighted by molar-refractivity contribution is 7.88. The van der Waals surface area contributed by atoms with Gasteiger partial charge >= 0.3 is 0 Å². The van der Waals surface area contributed by atoms with Crippen molar-refractivity contribution in [2.45, 2.75) is 39.2 Å². The highest BCUT2D eigenvalue weighted by Crippen LogP contribution is 2.03. The first-order valence-electron chi connectivity index (χ1n) is 6.31. The average molecular weight is 303 g/mol. The monoisotopic (exact) mass is 303 g/mol. The maximum Gasteiger partial charge on any atom is 0.291 e. The van der Waals surface area contributed by atoms with Crippen molar-refractivity contribution in [1.29, 1.82) is 0 Å². The van der Waals surface area contributed by atoms with E-state index in [0.29, 0.717) is 5.82 Å². The Morgan fingerprint density at radius 2 is 2.05 bits per heavy atom. The van der Waals surface area contributed by atoms with Gasteiger partial charge in [0.15, 0.2) is 0 Å². The van der Waals surface area contributed by atoms with E-state index in [2.05, 4.69) is 25.2 Å². The van der Waals surface area contributed by atoms with E-state index in [1.807, 2.05) is 6.92 Å². The van der Waals surface area contributed by atoms with Gasteiger partial charge in [-0.05, 0) is 20.3 Å². The third kappa shape index (κ3) is 5.66. The molecule has 0 aliphatic rings. The summed E-state index contributed by atoms with van der Waals surface area (Å²) in [6, 6.07) is 0. The fourth-order valence-electron chi connectivity index (χ4n) is 1.66. The quantitative estimate of drug-likeness (QED) is 0.645. The van der Waals surface area contributed by atoms with Crippen LogP contribution in [0.15, 0.2) is 0 Å². The largest absolute Gasteiger partial charge is 0.347 e. The number of sulfonamides is 1. The van der Waals surface area contributed by atoms with Gasteiger partial charge in [-0.15, -0.1) is 5.10 Å². The van der Waals surface area contributed by atoms with Gasteiger partial charge in [0, 0.05) is 18.5 Å². The highest BCUT2D eigenvalue weighted by Gasteiger charge is 2.23. The number of H-pyrrole nitrogens is 1. The summed E-state index contributed by atoms with van der Waals surface area (Å²) < 4.78 is 24.8. The Labute approximate surface area is 118 Å². The first-order chi connectivity index (χ1) is 9.13. The normalized spacial score (nSPS) is 12.4. The van der Waals surface area contributed by atoms with E-state index in [4.69, 9.17) is 0 Å². The van der Waals surface area contributed by atoms with E-state index in [1.165, 1.54) is 0 Å². The minimum Gasteiger partial charge on any atom is -0.347 e. The summed E-state index contributed by atoms with van der Waals surface area (Å²) in [4.78, 5) is 15.9. The second-order valence-electron chi connectivity index (χ2n) is 5.30. The molecule has 0 spiro atoms. The number of carbonyl (C=O) groups is 1. The second-order valence-corrected chi connectivity index (χ2v) is 7.04. The number of nitrogens with one attached hydrogen (secondary N) is 3. The molecule has 0 fully saturated rings. The molecule has 0 saturated heterocycles. The van der Waals surface area contributed by atoms with E-state index in [9.17, 15) is 13.2 Å². The topological polar surface area (TPSA) is 117 Å². The Morgan fingerprint density at radius 3 is 2.60 bits per heavy atom. The third-order valence-corrected chi connectivity index (χ3v) is 3.30. The van der Waals surface area contributed by atoms with Crippen molar-refractivity contribution in [3.8, 4) is 0 Å². The molecule has 1 heterocycles. The van der Waals surface area contributed by atoms with Crippen LogP contribution in [0.4, 0.5) is 0 Å². The third-order valence-electron chi connectivity index (χ3n) is 2.37. The molecule has 0 radical (unpaired) electrons. The van der Waals surface area contributed by atoms with Gasteiger partial charge in [-0.2, -0.15) is 0 Å². The number of rotatable bonds is 7. The molecule has 0 bridgehead atoms. The SMILES string of the molecule is CCCc1nc(C(=O)NCC(C)(C)NS(C)(=O)=O)n[nH]1. The number of aromatic amines is 1. The molecule has 3 N–H and O–H groups in total. The van der Waals surface area contributed by atoms with E-state index in [1.54, 1.807) is 13.8 Å². The summed E-state index contributed by atoms with van der Waals surface area (Å²) in [6.07, 6.45) is 2.70. The molecular formula is C11H21N5O3S. The van der Waals surface area contributed by atoms with Gasteiger partial charge < -0.3 is 5.32 Å². The van der Waals surface area contributed by atoms with Crippen LogP contribution in [-0.2, 0) is 16.4 Å². The molecule has 1 amide bonds. The van der Waals surface area contributed by atoms with Crippen molar-refractivity contribution in [2.75, 3.05) is 12.8 Å². The predicted octanol–water partition coefficient (Wildman–Crippen LogP) is -0.185. The number of aromatic nitrogens is 3. The van der Waals surface area contributed by atoms with E-state index >= 15 is 0 Å². The smallest absolute Gasteiger partial charge is 0.291 e. The summed E-state index contributed by atoms with van der Waals surface area (Å²) in [5, 5.41) is 9.12. The number of carbonyl (C=O) groups excluding carboxylic acids is 1. The van der Waals surface area contributed by atoms with Crippen LogP contribution >= 0.6 is 0 Å². The zero-order valence-electron chi connectivity index (χ0n) is 12.1. The number of amides is 1. The van der Waals surface area contributed by atoms with E-state index < -0.39 is 21.5 Å². The van der Waals surface area contributed by atoms with Crippen molar-refractivity contribution < 1.29 is 13.2 Å². The summed E-state index contributed by atoms with van der Waals surface area (Å²) >= 11 is 0. The van der Waals surface area contributed by atoms with Gasteiger partial charge in [-0.25, -0.2) is 18.1 Å². The van der Waals surface area contributed by atoms with Crippen molar-refractivity contribution in [2.24, 2.45) is 0 Å². The van der Waals surface area contributed by atoms with Gasteiger partial charge in [0.05, 0.1) is 6.26 Å². The van der Waals surface area contributed by atoms with Crippen molar-refractivity contribution in [3.05, 3.63) is 11.6 Å². The lowest BCUT2D eigenvalue weighted by atomic mass is 10.1. The minimum absolute atomic E-state index is 0.0589. The van der Waals surface area contributed by atoms with E-state index in [0.717, 1.165) is 19.1 Å². The van der Waals surface area contributed by atoms with Gasteiger partial charge in [0.25, 0.3) is 5.91 Å². The minimum atomic E-state index is -3.34. The maximum atomic E-state index is 11.8. The van der Waals surface area contributed by atoms with Crippen LogP contribution in [0, 0.1) is 0 Å². The van der Waals surface area contributed by atoms with Crippen molar-refractivity contribution in [3.63, 3.8) is 0 Å². The molecule has 0 aromatic carbocycles. The molecule has 0 aliphatic heterocycles. The maximum absolute atomic E-state index is 11.8. The van der Waals surface area contributed by atoms with Crippen LogP contribution in [0.3, 0.4) is 0 Å². The number of hydrogen-bond donors (Lipinski definition) is 3. The molecule has 9 heteroatoms. The van der Waals surface area contributed by atoms with Crippen LogP contribution in [0.5, 0.6) is 0 Å². The number of hydrogen-bond acceptors (Lipinski definition) is 5. The molecule has 8 nitrogen and oxygen atoms in total. The number of aryl methyl sites for hydroxylation is 1. The lowest BCUT2D eigenvalue weighted by molar-refractivity contribution is 0.0934. The van der Waals surface area contributed by atoms with Gasteiger partial charge in [0.1, 0.15) is 5.82 Å². The highest BCUT2D eigenvalue weighted by atomic mass is 32.2. The Bertz CT molecular complexity index is 564. The second kappa shape index (κ2) is 6.31. The lowest BCUT2D eigenvalue weighted by Crippen LogP contribution is -2.51. The lowest BCUT2D eigenvalue weighted by Gasteiger charge is -2.24. The molecule has 1 rings (SSSR count). The van der Waals surface area contributed by atoms with Crippen LogP contribution in [-0.4, -0.2) is 47.8 Å². The van der Waals surface area contributed by atoms with E-state index in [-0.39, 0.29) is 12.4 Å². The molecule has 0 saturated carbocycles. The first kappa shape index (κ1) is 16.6. The van der Waals surface area contributed by atoms with Gasteiger partial charge in [-0.3, -0.25) is 9.89 Å². The molecule has 0 atom stereocenters. The summed E-state index contributed by atoms with van der Waals surface area (Å²) in [6.45, 7) is 5.49. The van der Waals surface area contributed by atoms with Crippen LogP contribution in [0.2, 0.25) is 0 Å². The number of nitrogens with zero attached hydrogens (tertiary/aromatic N) is 2. The fraction of sp³-hybridized carbons (Fsp3) is 0.727. The molecule has 0 aliphatic carbocycles.